The number of benzene rings is 1. The van der Waals surface area contributed by atoms with Crippen molar-refractivity contribution < 1.29 is 9.15 Å². The minimum Gasteiger partial charge on any atom is -0.497 e. The number of aromatic nitrogens is 1. The van der Waals surface area contributed by atoms with Crippen molar-refractivity contribution in [2.45, 2.75) is 0 Å². The Morgan fingerprint density at radius 1 is 1.43 bits per heavy atom. The highest BCUT2D eigenvalue weighted by molar-refractivity contribution is 5.58. The molecule has 72 valence electrons. The van der Waals surface area contributed by atoms with Gasteiger partial charge in [0.25, 0.3) is 0 Å². The fraction of sp³-hybridized carbons (Fsp3) is 0.100. The molecule has 0 atom stereocenters. The zero-order valence-electron chi connectivity index (χ0n) is 7.61. The fourth-order valence-electron chi connectivity index (χ4n) is 1.20. The van der Waals surface area contributed by atoms with E-state index in [2.05, 4.69) is 4.98 Å². The van der Waals surface area contributed by atoms with Gasteiger partial charge >= 0.3 is 5.76 Å². The van der Waals surface area contributed by atoms with E-state index >= 15 is 0 Å². The molecule has 4 nitrogen and oxygen atoms in total. The van der Waals surface area contributed by atoms with E-state index in [0.29, 0.717) is 5.76 Å². The van der Waals surface area contributed by atoms with Crippen molar-refractivity contribution >= 4 is 0 Å². The van der Waals surface area contributed by atoms with Crippen LogP contribution >= 0.6 is 0 Å². The molecular formula is C10H9NO3. The largest absolute Gasteiger partial charge is 0.497 e. The lowest BCUT2D eigenvalue weighted by molar-refractivity contribution is 0.414. The lowest BCUT2D eigenvalue weighted by Gasteiger charge is -2.00. The van der Waals surface area contributed by atoms with Crippen molar-refractivity contribution in [2.75, 3.05) is 7.11 Å². The Morgan fingerprint density at radius 2 is 2.29 bits per heavy atom. The van der Waals surface area contributed by atoms with Gasteiger partial charge in [-0.1, -0.05) is 12.1 Å². The third-order valence-corrected chi connectivity index (χ3v) is 1.88. The molecule has 1 aromatic heterocycles. The highest BCUT2D eigenvalue weighted by Gasteiger charge is 2.03. The number of H-pyrrole nitrogens is 1. The molecule has 0 bridgehead atoms. The number of oxazole rings is 1. The van der Waals surface area contributed by atoms with Crippen molar-refractivity contribution in [3.05, 3.63) is 41.0 Å². The second-order valence-electron chi connectivity index (χ2n) is 2.77. The number of hydrogen-bond acceptors (Lipinski definition) is 3. The third-order valence-electron chi connectivity index (χ3n) is 1.88. The van der Waals surface area contributed by atoms with E-state index in [1.54, 1.807) is 13.2 Å². The molecule has 0 unspecified atom stereocenters. The summed E-state index contributed by atoms with van der Waals surface area (Å²) in [6.07, 6.45) is 1.52. The van der Waals surface area contributed by atoms with Crippen LogP contribution in [0.25, 0.3) is 11.3 Å². The summed E-state index contributed by atoms with van der Waals surface area (Å²) in [4.78, 5) is 13.2. The van der Waals surface area contributed by atoms with Crippen molar-refractivity contribution in [3.63, 3.8) is 0 Å². The average molecular weight is 191 g/mol. The standard InChI is InChI=1S/C10H9NO3/c1-13-8-4-2-3-7(5-8)9-6-11-10(12)14-9/h2-6H,1H3,(H,11,12). The van der Waals surface area contributed by atoms with Crippen molar-refractivity contribution in [2.24, 2.45) is 0 Å². The first-order valence-corrected chi connectivity index (χ1v) is 4.12. The molecule has 1 heterocycles. The Kier molecular flexibility index (Phi) is 2.10. The van der Waals surface area contributed by atoms with E-state index in [4.69, 9.17) is 9.15 Å². The number of aromatic amines is 1. The van der Waals surface area contributed by atoms with Gasteiger partial charge in [-0.15, -0.1) is 0 Å². The molecule has 2 rings (SSSR count). The van der Waals surface area contributed by atoms with Gasteiger partial charge in [0.2, 0.25) is 0 Å². The van der Waals surface area contributed by atoms with Gasteiger partial charge in [-0.05, 0) is 12.1 Å². The molecular weight excluding hydrogens is 182 g/mol. The highest BCUT2D eigenvalue weighted by Crippen LogP contribution is 2.21. The predicted octanol–water partition coefficient (Wildman–Crippen LogP) is 1.64. The first-order chi connectivity index (χ1) is 6.79. The monoisotopic (exact) mass is 191 g/mol. The molecule has 0 aliphatic carbocycles. The van der Waals surface area contributed by atoms with Crippen LogP contribution in [0.4, 0.5) is 0 Å². The van der Waals surface area contributed by atoms with Crippen LogP contribution in [-0.4, -0.2) is 12.1 Å². The first kappa shape index (κ1) is 8.62. The van der Waals surface area contributed by atoms with Crippen LogP contribution in [0.1, 0.15) is 0 Å². The Bertz CT molecular complexity index is 484. The van der Waals surface area contributed by atoms with Gasteiger partial charge in [0.1, 0.15) is 5.75 Å². The fourth-order valence-corrected chi connectivity index (χ4v) is 1.20. The molecule has 0 saturated heterocycles. The summed E-state index contributed by atoms with van der Waals surface area (Å²) in [6.45, 7) is 0. The number of nitrogens with one attached hydrogen (secondary N) is 1. The molecule has 4 heteroatoms. The third kappa shape index (κ3) is 1.54. The van der Waals surface area contributed by atoms with Gasteiger partial charge in [-0.25, -0.2) is 4.79 Å². The Hall–Kier alpha value is -1.97. The van der Waals surface area contributed by atoms with E-state index < -0.39 is 5.76 Å². The Morgan fingerprint density at radius 3 is 2.93 bits per heavy atom. The molecule has 0 saturated carbocycles. The quantitative estimate of drug-likeness (QED) is 0.785. The predicted molar refractivity (Wildman–Crippen MR) is 51.3 cm³/mol. The van der Waals surface area contributed by atoms with E-state index in [-0.39, 0.29) is 0 Å². The van der Waals surface area contributed by atoms with Crippen molar-refractivity contribution in [1.29, 1.82) is 0 Å². The lowest BCUT2D eigenvalue weighted by atomic mass is 10.2. The van der Waals surface area contributed by atoms with Gasteiger partial charge in [0.15, 0.2) is 5.76 Å². The number of methoxy groups -OCH3 is 1. The van der Waals surface area contributed by atoms with Crippen LogP contribution in [0, 0.1) is 0 Å². The zero-order valence-corrected chi connectivity index (χ0v) is 7.61. The SMILES string of the molecule is COc1cccc(-c2c[nH]c(=O)o2)c1. The molecule has 0 spiro atoms. The summed E-state index contributed by atoms with van der Waals surface area (Å²) < 4.78 is 9.96. The van der Waals surface area contributed by atoms with Gasteiger partial charge in [-0.3, -0.25) is 4.98 Å². The van der Waals surface area contributed by atoms with Crippen LogP contribution < -0.4 is 10.5 Å². The lowest BCUT2D eigenvalue weighted by Crippen LogP contribution is -1.92. The minimum atomic E-state index is -0.456. The van der Waals surface area contributed by atoms with Crippen LogP contribution in [0.5, 0.6) is 5.75 Å². The highest BCUT2D eigenvalue weighted by atomic mass is 16.5. The van der Waals surface area contributed by atoms with E-state index in [1.165, 1.54) is 6.20 Å². The smallest absolute Gasteiger partial charge is 0.416 e. The van der Waals surface area contributed by atoms with Crippen LogP contribution in [0.2, 0.25) is 0 Å². The van der Waals surface area contributed by atoms with Crippen LogP contribution in [-0.2, 0) is 0 Å². The summed E-state index contributed by atoms with van der Waals surface area (Å²) in [7, 11) is 1.59. The van der Waals surface area contributed by atoms with Crippen LogP contribution in [0.3, 0.4) is 0 Å². The number of hydrogen-bond donors (Lipinski definition) is 1. The number of ether oxygens (including phenoxy) is 1. The molecule has 0 aliphatic heterocycles. The molecule has 0 radical (unpaired) electrons. The minimum absolute atomic E-state index is 0.456. The molecule has 1 aromatic carbocycles. The second-order valence-corrected chi connectivity index (χ2v) is 2.77. The van der Waals surface area contributed by atoms with Crippen LogP contribution in [0.15, 0.2) is 39.7 Å². The maximum atomic E-state index is 10.8. The molecule has 2 aromatic rings. The molecule has 1 N–H and O–H groups in total. The first-order valence-electron chi connectivity index (χ1n) is 4.12. The maximum absolute atomic E-state index is 10.8. The topological polar surface area (TPSA) is 55.2 Å². The van der Waals surface area contributed by atoms with E-state index in [1.807, 2.05) is 18.2 Å². The average Bonchev–Trinajstić information content (AvgIpc) is 2.65. The summed E-state index contributed by atoms with van der Waals surface area (Å²) in [6, 6.07) is 7.30. The molecule has 0 amide bonds. The summed E-state index contributed by atoms with van der Waals surface area (Å²) in [5, 5.41) is 0. The zero-order chi connectivity index (χ0) is 9.97. The molecule has 0 fully saturated rings. The Balaban J connectivity index is 2.46. The van der Waals surface area contributed by atoms with Gasteiger partial charge in [-0.2, -0.15) is 0 Å². The van der Waals surface area contributed by atoms with E-state index in [9.17, 15) is 4.79 Å². The van der Waals surface area contributed by atoms with Gasteiger partial charge < -0.3 is 9.15 Å². The second kappa shape index (κ2) is 3.41. The van der Waals surface area contributed by atoms with E-state index in [0.717, 1.165) is 11.3 Å². The maximum Gasteiger partial charge on any atom is 0.416 e. The summed E-state index contributed by atoms with van der Waals surface area (Å²) in [5.74, 6) is 0.781. The number of rotatable bonds is 2. The van der Waals surface area contributed by atoms with Crippen molar-refractivity contribution in [3.8, 4) is 17.1 Å². The van der Waals surface area contributed by atoms with Gasteiger partial charge in [0.05, 0.1) is 13.3 Å². The van der Waals surface area contributed by atoms with Gasteiger partial charge in [0, 0.05) is 5.56 Å². The normalized spacial score (nSPS) is 10.1. The summed E-state index contributed by atoms with van der Waals surface area (Å²) >= 11 is 0. The molecule has 0 aliphatic rings. The summed E-state index contributed by atoms with van der Waals surface area (Å²) in [5.41, 5.74) is 0.808. The molecule has 14 heavy (non-hydrogen) atoms. The Labute approximate surface area is 80.1 Å². The van der Waals surface area contributed by atoms with Crippen molar-refractivity contribution in [1.82, 2.24) is 4.98 Å².